The van der Waals surface area contributed by atoms with E-state index in [1.54, 1.807) is 12.1 Å². The van der Waals surface area contributed by atoms with Gasteiger partial charge in [0.2, 0.25) is 0 Å². The van der Waals surface area contributed by atoms with Gasteiger partial charge in [-0.25, -0.2) is 0 Å². The second-order valence-corrected chi connectivity index (χ2v) is 4.87. The highest BCUT2D eigenvalue weighted by atomic mass is 32.2. The standard InChI is InChI=1S/C12H17NO4S/c1-2-3-7-18-12(16)13-9(8-11(14)15)10-5-4-6-17-10/h4-6,9H,2-3,7-8H2,1H3,(H,13,16)(H,14,15)/t9-/m1/s1. The van der Waals surface area contributed by atoms with E-state index in [2.05, 4.69) is 12.2 Å². The molecule has 0 fully saturated rings. The fraction of sp³-hybridized carbons (Fsp3) is 0.500. The van der Waals surface area contributed by atoms with Crippen LogP contribution in [-0.4, -0.2) is 22.1 Å². The fourth-order valence-corrected chi connectivity index (χ4v) is 2.22. The first-order valence-corrected chi connectivity index (χ1v) is 6.80. The monoisotopic (exact) mass is 271 g/mol. The summed E-state index contributed by atoms with van der Waals surface area (Å²) in [4.78, 5) is 22.4. The summed E-state index contributed by atoms with van der Waals surface area (Å²) < 4.78 is 5.14. The van der Waals surface area contributed by atoms with E-state index in [0.717, 1.165) is 18.6 Å². The molecule has 0 aliphatic heterocycles. The normalized spacial score (nSPS) is 12.1. The largest absolute Gasteiger partial charge is 0.481 e. The molecule has 1 heterocycles. The Morgan fingerprint density at radius 2 is 2.33 bits per heavy atom. The van der Waals surface area contributed by atoms with E-state index in [4.69, 9.17) is 9.52 Å². The van der Waals surface area contributed by atoms with E-state index in [1.165, 1.54) is 18.0 Å². The number of nitrogens with one attached hydrogen (secondary N) is 1. The van der Waals surface area contributed by atoms with Gasteiger partial charge >= 0.3 is 5.97 Å². The van der Waals surface area contributed by atoms with Gasteiger partial charge in [-0.1, -0.05) is 25.1 Å². The summed E-state index contributed by atoms with van der Waals surface area (Å²) in [7, 11) is 0. The third-order valence-corrected chi connectivity index (χ3v) is 3.16. The minimum Gasteiger partial charge on any atom is -0.481 e. The van der Waals surface area contributed by atoms with E-state index in [-0.39, 0.29) is 11.7 Å². The number of aliphatic carboxylic acids is 1. The van der Waals surface area contributed by atoms with E-state index in [0.29, 0.717) is 5.76 Å². The number of carbonyl (C=O) groups excluding carboxylic acids is 1. The Morgan fingerprint density at radius 3 is 2.89 bits per heavy atom. The third-order valence-electron chi connectivity index (χ3n) is 2.29. The number of furan rings is 1. The van der Waals surface area contributed by atoms with Crippen LogP contribution in [0.5, 0.6) is 0 Å². The topological polar surface area (TPSA) is 79.5 Å². The summed E-state index contributed by atoms with van der Waals surface area (Å²) in [6, 6.07) is 2.71. The van der Waals surface area contributed by atoms with Crippen molar-refractivity contribution in [1.82, 2.24) is 5.32 Å². The second kappa shape index (κ2) is 7.81. The molecule has 0 saturated carbocycles. The Hall–Kier alpha value is -1.43. The quantitative estimate of drug-likeness (QED) is 0.745. The molecule has 0 bridgehead atoms. The van der Waals surface area contributed by atoms with Crippen LogP contribution in [0.2, 0.25) is 0 Å². The Labute approximate surface area is 110 Å². The lowest BCUT2D eigenvalue weighted by molar-refractivity contribution is -0.137. The first-order chi connectivity index (χ1) is 8.63. The summed E-state index contributed by atoms with van der Waals surface area (Å²) in [6.07, 6.45) is 3.26. The molecule has 1 aromatic heterocycles. The molecule has 5 nitrogen and oxygen atoms in total. The highest BCUT2D eigenvalue weighted by Crippen LogP contribution is 2.19. The van der Waals surface area contributed by atoms with Gasteiger partial charge in [0.05, 0.1) is 18.7 Å². The average Bonchev–Trinajstić information content (AvgIpc) is 2.81. The molecule has 0 spiro atoms. The average molecular weight is 271 g/mol. The number of rotatable bonds is 7. The van der Waals surface area contributed by atoms with Gasteiger partial charge in [0.15, 0.2) is 0 Å². The van der Waals surface area contributed by atoms with Gasteiger partial charge in [0.25, 0.3) is 5.24 Å². The van der Waals surface area contributed by atoms with Crippen molar-refractivity contribution in [2.45, 2.75) is 32.2 Å². The Kier molecular flexibility index (Phi) is 6.35. The van der Waals surface area contributed by atoms with E-state index in [9.17, 15) is 9.59 Å². The maximum Gasteiger partial charge on any atom is 0.305 e. The van der Waals surface area contributed by atoms with Crippen LogP contribution >= 0.6 is 11.8 Å². The van der Waals surface area contributed by atoms with Crippen LogP contribution in [-0.2, 0) is 4.79 Å². The van der Waals surface area contributed by atoms with Crippen molar-refractivity contribution in [3.63, 3.8) is 0 Å². The zero-order valence-corrected chi connectivity index (χ0v) is 11.0. The van der Waals surface area contributed by atoms with Crippen LogP contribution in [0.3, 0.4) is 0 Å². The first kappa shape index (κ1) is 14.6. The van der Waals surface area contributed by atoms with Gasteiger partial charge in [-0.05, 0) is 18.6 Å². The molecule has 0 aliphatic carbocycles. The van der Waals surface area contributed by atoms with E-state index >= 15 is 0 Å². The molecule has 6 heteroatoms. The SMILES string of the molecule is CCCCSC(=O)N[C@H](CC(=O)O)c1ccco1. The molecule has 100 valence electrons. The lowest BCUT2D eigenvalue weighted by Gasteiger charge is -2.14. The molecule has 1 rings (SSSR count). The van der Waals surface area contributed by atoms with Crippen LogP contribution in [0.4, 0.5) is 4.79 Å². The van der Waals surface area contributed by atoms with Crippen molar-refractivity contribution in [2.75, 3.05) is 5.75 Å². The fourth-order valence-electron chi connectivity index (χ4n) is 1.38. The molecular weight excluding hydrogens is 254 g/mol. The Balaban J connectivity index is 2.51. The van der Waals surface area contributed by atoms with Crippen molar-refractivity contribution in [3.8, 4) is 0 Å². The molecule has 0 saturated heterocycles. The predicted molar refractivity (Wildman–Crippen MR) is 69.6 cm³/mol. The zero-order chi connectivity index (χ0) is 13.4. The van der Waals surface area contributed by atoms with Gasteiger partial charge < -0.3 is 14.8 Å². The number of unbranched alkanes of at least 4 members (excludes halogenated alkanes) is 1. The molecule has 18 heavy (non-hydrogen) atoms. The van der Waals surface area contributed by atoms with Crippen LogP contribution in [0.1, 0.15) is 38.0 Å². The van der Waals surface area contributed by atoms with E-state index in [1.807, 2.05) is 0 Å². The lowest BCUT2D eigenvalue weighted by atomic mass is 10.1. The zero-order valence-electron chi connectivity index (χ0n) is 10.2. The summed E-state index contributed by atoms with van der Waals surface area (Å²) in [6.45, 7) is 2.05. The lowest BCUT2D eigenvalue weighted by Crippen LogP contribution is -2.27. The molecular formula is C12H17NO4S. The smallest absolute Gasteiger partial charge is 0.305 e. The van der Waals surface area contributed by atoms with E-state index < -0.39 is 12.0 Å². The van der Waals surface area contributed by atoms with Crippen molar-refractivity contribution in [3.05, 3.63) is 24.2 Å². The van der Waals surface area contributed by atoms with Crippen molar-refractivity contribution >= 4 is 23.0 Å². The summed E-state index contributed by atoms with van der Waals surface area (Å²) in [5, 5.41) is 11.3. The molecule has 1 amide bonds. The molecule has 0 radical (unpaired) electrons. The van der Waals surface area contributed by atoms with Gasteiger partial charge in [0, 0.05) is 5.75 Å². The summed E-state index contributed by atoms with van der Waals surface area (Å²) in [5.74, 6) is 0.220. The molecule has 0 aliphatic rings. The number of amides is 1. The number of carboxylic acid groups (broad SMARTS) is 1. The maximum absolute atomic E-state index is 11.6. The first-order valence-electron chi connectivity index (χ1n) is 5.82. The van der Waals surface area contributed by atoms with Crippen molar-refractivity contribution in [1.29, 1.82) is 0 Å². The molecule has 0 aromatic carbocycles. The Morgan fingerprint density at radius 1 is 1.56 bits per heavy atom. The van der Waals surface area contributed by atoms with Crippen molar-refractivity contribution in [2.24, 2.45) is 0 Å². The van der Waals surface area contributed by atoms with Gasteiger partial charge in [-0.15, -0.1) is 0 Å². The van der Waals surface area contributed by atoms with Crippen LogP contribution < -0.4 is 5.32 Å². The predicted octanol–water partition coefficient (Wildman–Crippen LogP) is 3.04. The molecule has 2 N–H and O–H groups in total. The van der Waals surface area contributed by atoms with Crippen LogP contribution in [0, 0.1) is 0 Å². The number of carbonyl (C=O) groups is 2. The summed E-state index contributed by atoms with van der Waals surface area (Å²) in [5.41, 5.74) is 0. The van der Waals surface area contributed by atoms with Crippen LogP contribution in [0.25, 0.3) is 0 Å². The van der Waals surface area contributed by atoms with Crippen LogP contribution in [0.15, 0.2) is 22.8 Å². The number of thioether (sulfide) groups is 1. The summed E-state index contributed by atoms with van der Waals surface area (Å²) >= 11 is 1.17. The molecule has 1 aromatic rings. The molecule has 1 atom stereocenters. The van der Waals surface area contributed by atoms with Crippen molar-refractivity contribution < 1.29 is 19.1 Å². The van der Waals surface area contributed by atoms with Gasteiger partial charge in [-0.2, -0.15) is 0 Å². The minimum absolute atomic E-state index is 0.187. The highest BCUT2D eigenvalue weighted by Gasteiger charge is 2.20. The second-order valence-electron chi connectivity index (χ2n) is 3.80. The maximum atomic E-state index is 11.6. The Bertz CT molecular complexity index is 377. The highest BCUT2D eigenvalue weighted by molar-refractivity contribution is 8.13. The van der Waals surface area contributed by atoms with Gasteiger partial charge in [-0.3, -0.25) is 9.59 Å². The minimum atomic E-state index is -0.977. The third kappa shape index (κ3) is 5.27. The number of hydrogen-bond donors (Lipinski definition) is 2. The van der Waals surface area contributed by atoms with Gasteiger partial charge in [0.1, 0.15) is 5.76 Å². The molecule has 0 unspecified atom stereocenters. The number of carboxylic acids is 1. The number of hydrogen-bond acceptors (Lipinski definition) is 4.